The summed E-state index contributed by atoms with van der Waals surface area (Å²) in [5.41, 5.74) is 0.657. The molecule has 0 aromatic heterocycles. The fourth-order valence-corrected chi connectivity index (χ4v) is 1.65. The van der Waals surface area contributed by atoms with Crippen molar-refractivity contribution in [2.75, 3.05) is 25.5 Å². The molecule has 0 saturated carbocycles. The van der Waals surface area contributed by atoms with Crippen molar-refractivity contribution in [2.24, 2.45) is 0 Å². The van der Waals surface area contributed by atoms with Gasteiger partial charge in [-0.05, 0) is 25.5 Å². The molecule has 0 fully saturated rings. The van der Waals surface area contributed by atoms with E-state index in [1.807, 2.05) is 6.92 Å². The minimum Gasteiger partial charge on any atom is -0.497 e. The maximum Gasteiger partial charge on any atom is 0.238 e. The normalized spacial score (nSPS) is 11.6. The minimum atomic E-state index is -0.410. The SMILES string of the molecule is CCCNC(=O)C(C)NCC(=O)Nc1cccc(OC)c1. The van der Waals surface area contributed by atoms with Crippen molar-refractivity contribution in [1.82, 2.24) is 10.6 Å². The van der Waals surface area contributed by atoms with Crippen molar-refractivity contribution >= 4 is 17.5 Å². The van der Waals surface area contributed by atoms with Crippen LogP contribution in [0.4, 0.5) is 5.69 Å². The Bertz CT molecular complexity index is 477. The van der Waals surface area contributed by atoms with Crippen molar-refractivity contribution < 1.29 is 14.3 Å². The van der Waals surface area contributed by atoms with E-state index in [0.29, 0.717) is 18.0 Å². The second-order valence-corrected chi connectivity index (χ2v) is 4.67. The lowest BCUT2D eigenvalue weighted by Gasteiger charge is -2.13. The molecule has 3 N–H and O–H groups in total. The molecular weight excluding hydrogens is 270 g/mol. The molecule has 1 rings (SSSR count). The zero-order valence-corrected chi connectivity index (χ0v) is 12.7. The average Bonchev–Trinajstić information content (AvgIpc) is 2.50. The summed E-state index contributed by atoms with van der Waals surface area (Å²) in [7, 11) is 1.57. The molecule has 1 aromatic rings. The van der Waals surface area contributed by atoms with Crippen LogP contribution >= 0.6 is 0 Å². The summed E-state index contributed by atoms with van der Waals surface area (Å²) in [6.45, 7) is 4.42. The Morgan fingerprint density at radius 2 is 2.10 bits per heavy atom. The first-order valence-electron chi connectivity index (χ1n) is 7.01. The molecule has 2 amide bonds. The first kappa shape index (κ1) is 17.0. The third-order valence-corrected chi connectivity index (χ3v) is 2.86. The number of benzene rings is 1. The van der Waals surface area contributed by atoms with Crippen molar-refractivity contribution in [1.29, 1.82) is 0 Å². The van der Waals surface area contributed by atoms with E-state index in [2.05, 4.69) is 16.0 Å². The van der Waals surface area contributed by atoms with Gasteiger partial charge in [-0.3, -0.25) is 14.9 Å². The van der Waals surface area contributed by atoms with E-state index in [0.717, 1.165) is 6.42 Å². The number of hydrogen-bond acceptors (Lipinski definition) is 4. The van der Waals surface area contributed by atoms with Crippen molar-refractivity contribution in [3.8, 4) is 5.75 Å². The van der Waals surface area contributed by atoms with Crippen LogP contribution in [0.25, 0.3) is 0 Å². The fourth-order valence-electron chi connectivity index (χ4n) is 1.65. The first-order chi connectivity index (χ1) is 10.1. The van der Waals surface area contributed by atoms with Gasteiger partial charge in [0.15, 0.2) is 0 Å². The van der Waals surface area contributed by atoms with Crippen LogP contribution in [-0.4, -0.2) is 38.1 Å². The second-order valence-electron chi connectivity index (χ2n) is 4.67. The Balaban J connectivity index is 2.38. The standard InChI is InChI=1S/C15H23N3O3/c1-4-8-16-15(20)11(2)17-10-14(19)18-12-6-5-7-13(9-12)21-3/h5-7,9,11,17H,4,8,10H2,1-3H3,(H,16,20)(H,18,19). The summed E-state index contributed by atoms with van der Waals surface area (Å²) >= 11 is 0. The summed E-state index contributed by atoms with van der Waals surface area (Å²) < 4.78 is 5.08. The van der Waals surface area contributed by atoms with E-state index < -0.39 is 6.04 Å². The van der Waals surface area contributed by atoms with Gasteiger partial charge in [-0.25, -0.2) is 0 Å². The number of carbonyl (C=O) groups excluding carboxylic acids is 2. The number of carbonyl (C=O) groups is 2. The Morgan fingerprint density at radius 3 is 2.76 bits per heavy atom. The lowest BCUT2D eigenvalue weighted by Crippen LogP contribution is -2.45. The number of amides is 2. The lowest BCUT2D eigenvalue weighted by molar-refractivity contribution is -0.123. The smallest absolute Gasteiger partial charge is 0.238 e. The molecule has 0 aliphatic carbocycles. The van der Waals surface area contributed by atoms with Gasteiger partial charge in [0, 0.05) is 18.3 Å². The quantitative estimate of drug-likeness (QED) is 0.671. The van der Waals surface area contributed by atoms with Gasteiger partial charge in [-0.15, -0.1) is 0 Å². The topological polar surface area (TPSA) is 79.5 Å². The Kier molecular flexibility index (Phi) is 7.25. The maximum atomic E-state index is 11.8. The molecule has 21 heavy (non-hydrogen) atoms. The maximum absolute atomic E-state index is 11.8. The first-order valence-corrected chi connectivity index (χ1v) is 7.01. The largest absolute Gasteiger partial charge is 0.497 e. The van der Waals surface area contributed by atoms with E-state index in [1.165, 1.54) is 0 Å². The Morgan fingerprint density at radius 1 is 1.33 bits per heavy atom. The highest BCUT2D eigenvalue weighted by molar-refractivity contribution is 5.93. The second kappa shape index (κ2) is 8.97. The number of anilines is 1. The molecule has 0 bridgehead atoms. The van der Waals surface area contributed by atoms with Gasteiger partial charge in [-0.2, -0.15) is 0 Å². The molecule has 0 aliphatic heterocycles. The van der Waals surface area contributed by atoms with Crippen LogP contribution in [0.15, 0.2) is 24.3 Å². The van der Waals surface area contributed by atoms with Crippen molar-refractivity contribution in [3.05, 3.63) is 24.3 Å². The van der Waals surface area contributed by atoms with Gasteiger partial charge < -0.3 is 15.4 Å². The van der Waals surface area contributed by atoms with Crippen molar-refractivity contribution in [3.63, 3.8) is 0 Å². The van der Waals surface area contributed by atoms with Gasteiger partial charge in [0.2, 0.25) is 11.8 Å². The fraction of sp³-hybridized carbons (Fsp3) is 0.467. The molecule has 1 atom stereocenters. The summed E-state index contributed by atoms with van der Waals surface area (Å²) in [5, 5.41) is 8.40. The molecule has 0 spiro atoms. The van der Waals surface area contributed by atoms with Crippen LogP contribution in [-0.2, 0) is 9.59 Å². The molecule has 0 saturated heterocycles. The summed E-state index contributed by atoms with van der Waals surface area (Å²) in [4.78, 5) is 23.4. The van der Waals surface area contributed by atoms with Crippen molar-refractivity contribution in [2.45, 2.75) is 26.3 Å². The molecule has 0 heterocycles. The number of ether oxygens (including phenoxy) is 1. The van der Waals surface area contributed by atoms with Crippen LogP contribution in [0.1, 0.15) is 20.3 Å². The number of rotatable bonds is 8. The Labute approximate surface area is 125 Å². The van der Waals surface area contributed by atoms with Crippen LogP contribution < -0.4 is 20.7 Å². The molecular formula is C15H23N3O3. The highest BCUT2D eigenvalue weighted by Gasteiger charge is 2.13. The van der Waals surface area contributed by atoms with E-state index >= 15 is 0 Å². The third-order valence-electron chi connectivity index (χ3n) is 2.86. The summed E-state index contributed by atoms with van der Waals surface area (Å²) in [6.07, 6.45) is 0.884. The highest BCUT2D eigenvalue weighted by atomic mass is 16.5. The number of methoxy groups -OCH3 is 1. The molecule has 0 radical (unpaired) electrons. The average molecular weight is 293 g/mol. The molecule has 1 aromatic carbocycles. The van der Waals surface area contributed by atoms with Gasteiger partial charge in [0.05, 0.1) is 19.7 Å². The summed E-state index contributed by atoms with van der Waals surface area (Å²) in [5.74, 6) is 0.359. The highest BCUT2D eigenvalue weighted by Crippen LogP contribution is 2.16. The Hall–Kier alpha value is -2.08. The predicted octanol–water partition coefficient (Wildman–Crippen LogP) is 1.14. The van der Waals surface area contributed by atoms with Crippen LogP contribution in [0, 0.1) is 0 Å². The molecule has 6 heteroatoms. The molecule has 6 nitrogen and oxygen atoms in total. The zero-order chi connectivity index (χ0) is 15.7. The third kappa shape index (κ3) is 6.27. The minimum absolute atomic E-state index is 0.0674. The molecule has 0 aliphatic rings. The van der Waals surface area contributed by atoms with Crippen LogP contribution in [0.5, 0.6) is 5.75 Å². The van der Waals surface area contributed by atoms with Gasteiger partial charge in [0.1, 0.15) is 5.75 Å². The van der Waals surface area contributed by atoms with E-state index in [-0.39, 0.29) is 18.4 Å². The van der Waals surface area contributed by atoms with Gasteiger partial charge in [-0.1, -0.05) is 13.0 Å². The monoisotopic (exact) mass is 293 g/mol. The lowest BCUT2D eigenvalue weighted by atomic mass is 10.3. The number of nitrogens with one attached hydrogen (secondary N) is 3. The molecule has 1 unspecified atom stereocenters. The van der Waals surface area contributed by atoms with Crippen LogP contribution in [0.2, 0.25) is 0 Å². The van der Waals surface area contributed by atoms with E-state index in [1.54, 1.807) is 38.3 Å². The number of hydrogen-bond donors (Lipinski definition) is 3. The zero-order valence-electron chi connectivity index (χ0n) is 12.7. The predicted molar refractivity (Wildman–Crippen MR) is 82.4 cm³/mol. The van der Waals surface area contributed by atoms with Gasteiger partial charge in [0.25, 0.3) is 0 Å². The molecule has 116 valence electrons. The van der Waals surface area contributed by atoms with Crippen LogP contribution in [0.3, 0.4) is 0 Å². The van der Waals surface area contributed by atoms with E-state index in [4.69, 9.17) is 4.74 Å². The van der Waals surface area contributed by atoms with E-state index in [9.17, 15) is 9.59 Å². The van der Waals surface area contributed by atoms with Gasteiger partial charge >= 0.3 is 0 Å². The summed E-state index contributed by atoms with van der Waals surface area (Å²) in [6, 6.07) is 6.69.